The van der Waals surface area contributed by atoms with Crippen molar-refractivity contribution in [1.29, 1.82) is 0 Å². The van der Waals surface area contributed by atoms with Gasteiger partial charge in [0.05, 0.1) is 0 Å². The van der Waals surface area contributed by atoms with Gasteiger partial charge in [0.1, 0.15) is 35.2 Å². The summed E-state index contributed by atoms with van der Waals surface area (Å²) in [5.41, 5.74) is 0.237. The molecule has 0 aromatic heterocycles. The smallest absolute Gasteiger partial charge is 0.414 e. The molecule has 0 spiro atoms. The van der Waals surface area contributed by atoms with Crippen LogP contribution in [-0.4, -0.2) is 72.0 Å². The molecule has 0 saturated heterocycles. The van der Waals surface area contributed by atoms with Gasteiger partial charge in [-0.3, -0.25) is 25.3 Å². The van der Waals surface area contributed by atoms with Crippen LogP contribution in [0.25, 0.3) is 0 Å². The molecule has 272 valence electrons. The number of benzene rings is 2. The molecule has 2 rings (SSSR count). The maximum atomic E-state index is 13.4. The van der Waals surface area contributed by atoms with Gasteiger partial charge in [0, 0.05) is 6.54 Å². The zero-order chi connectivity index (χ0) is 36.7. The Morgan fingerprint density at radius 3 is 1.80 bits per heavy atom. The standard InChI is InChI=1S/C38H58N4O7/c1-36(2,3)47-30-22-20-28(21-23-30)26-31(32(43)46-27-29-18-14-13-15-19-29)42(10)25-17-12-11-16-24-39-33(40-34(44)48-37(4,5)6)41-35(45)49-38(7,8)9/h13-15,18-23,31H,11-12,16-17,24-27H2,1-10H3,(H2,39,40,41,44,45)/t31-/m0/s1. The second kappa shape index (κ2) is 19.2. The van der Waals surface area contributed by atoms with Crippen LogP contribution in [0.2, 0.25) is 0 Å². The van der Waals surface area contributed by atoms with E-state index >= 15 is 0 Å². The van der Waals surface area contributed by atoms with Gasteiger partial charge in [-0.1, -0.05) is 55.3 Å². The van der Waals surface area contributed by atoms with E-state index in [2.05, 4.69) is 20.5 Å². The number of rotatable bonds is 14. The Labute approximate surface area is 293 Å². The summed E-state index contributed by atoms with van der Waals surface area (Å²) < 4.78 is 22.3. The topological polar surface area (TPSA) is 128 Å². The molecule has 0 aliphatic carbocycles. The fourth-order valence-corrected chi connectivity index (χ4v) is 4.60. The molecular weight excluding hydrogens is 624 g/mol. The molecule has 0 aliphatic rings. The van der Waals surface area contributed by atoms with Crippen molar-refractivity contribution in [3.63, 3.8) is 0 Å². The van der Waals surface area contributed by atoms with E-state index in [0.29, 0.717) is 19.5 Å². The lowest BCUT2D eigenvalue weighted by Gasteiger charge is -2.27. The van der Waals surface area contributed by atoms with Crippen LogP contribution < -0.4 is 15.4 Å². The zero-order valence-corrected chi connectivity index (χ0v) is 31.2. The third-order valence-corrected chi connectivity index (χ3v) is 6.73. The monoisotopic (exact) mass is 682 g/mol. The maximum Gasteiger partial charge on any atom is 0.414 e. The van der Waals surface area contributed by atoms with Crippen LogP contribution in [0.5, 0.6) is 5.75 Å². The number of hydrogen-bond donors (Lipinski definition) is 2. The quantitative estimate of drug-likeness (QED) is 0.0693. The number of nitrogens with zero attached hydrogens (tertiary/aromatic N) is 2. The molecular formula is C38H58N4O7. The molecule has 0 radical (unpaired) electrons. The van der Waals surface area contributed by atoms with Crippen molar-refractivity contribution in [2.24, 2.45) is 4.99 Å². The number of carbonyl (C=O) groups excluding carboxylic acids is 3. The van der Waals surface area contributed by atoms with Crippen LogP contribution in [0.4, 0.5) is 9.59 Å². The van der Waals surface area contributed by atoms with Crippen LogP contribution in [0.1, 0.15) is 99.1 Å². The van der Waals surface area contributed by atoms with Crippen LogP contribution in [0, 0.1) is 0 Å². The minimum Gasteiger partial charge on any atom is -0.488 e. The third kappa shape index (κ3) is 18.9. The van der Waals surface area contributed by atoms with E-state index in [-0.39, 0.29) is 24.1 Å². The molecule has 11 heteroatoms. The van der Waals surface area contributed by atoms with Crippen LogP contribution >= 0.6 is 0 Å². The normalized spacial score (nSPS) is 12.5. The Bertz CT molecular complexity index is 1310. The van der Waals surface area contributed by atoms with Gasteiger partial charge in [0.25, 0.3) is 0 Å². The van der Waals surface area contributed by atoms with Crippen molar-refractivity contribution >= 4 is 24.1 Å². The number of nitrogens with one attached hydrogen (secondary N) is 2. The van der Waals surface area contributed by atoms with E-state index in [9.17, 15) is 14.4 Å². The average Bonchev–Trinajstić information content (AvgIpc) is 2.96. The summed E-state index contributed by atoms with van der Waals surface area (Å²) in [6.07, 6.45) is 2.41. The second-order valence-electron chi connectivity index (χ2n) is 15.1. The van der Waals surface area contributed by atoms with Crippen molar-refractivity contribution in [2.75, 3.05) is 20.1 Å². The Morgan fingerprint density at radius 1 is 0.714 bits per heavy atom. The number of esters is 1. The summed E-state index contributed by atoms with van der Waals surface area (Å²) in [6.45, 7) is 17.8. The summed E-state index contributed by atoms with van der Waals surface area (Å²) in [7, 11) is 1.95. The molecule has 0 fully saturated rings. The van der Waals surface area contributed by atoms with Crippen LogP contribution in [0.3, 0.4) is 0 Å². The number of carbonyl (C=O) groups is 3. The van der Waals surface area contributed by atoms with Crippen molar-refractivity contribution in [3.05, 3.63) is 65.7 Å². The van der Waals surface area contributed by atoms with Gasteiger partial charge < -0.3 is 18.9 Å². The van der Waals surface area contributed by atoms with E-state index in [0.717, 1.165) is 42.6 Å². The fourth-order valence-electron chi connectivity index (χ4n) is 4.60. The summed E-state index contributed by atoms with van der Waals surface area (Å²) in [5, 5.41) is 5.01. The van der Waals surface area contributed by atoms with E-state index in [1.807, 2.05) is 82.4 Å². The number of amides is 2. The number of unbranched alkanes of at least 4 members (excludes halogenated alkanes) is 3. The zero-order valence-electron chi connectivity index (χ0n) is 31.2. The Hall–Kier alpha value is -4.12. The van der Waals surface area contributed by atoms with Gasteiger partial charge in [-0.15, -0.1) is 0 Å². The maximum absolute atomic E-state index is 13.4. The molecule has 0 heterocycles. The lowest BCUT2D eigenvalue weighted by molar-refractivity contribution is -0.151. The predicted molar refractivity (Wildman–Crippen MR) is 193 cm³/mol. The summed E-state index contributed by atoms with van der Waals surface area (Å²) in [5.74, 6) is 0.488. The highest BCUT2D eigenvalue weighted by atomic mass is 16.6. The average molecular weight is 683 g/mol. The number of aliphatic imine (C=N–C) groups is 1. The minimum absolute atomic E-state index is 0.0295. The summed E-state index contributed by atoms with van der Waals surface area (Å²) in [6, 6.07) is 17.1. The van der Waals surface area contributed by atoms with Crippen LogP contribution in [-0.2, 0) is 32.0 Å². The predicted octanol–water partition coefficient (Wildman–Crippen LogP) is 7.42. The van der Waals surface area contributed by atoms with Crippen molar-refractivity contribution < 1.29 is 33.3 Å². The van der Waals surface area contributed by atoms with E-state index in [4.69, 9.17) is 18.9 Å². The molecule has 2 aromatic carbocycles. The Morgan fingerprint density at radius 2 is 1.27 bits per heavy atom. The molecule has 0 bridgehead atoms. The minimum atomic E-state index is -0.726. The van der Waals surface area contributed by atoms with E-state index < -0.39 is 29.4 Å². The number of likely N-dealkylation sites (N-methyl/N-ethyl adjacent to an activating group) is 1. The molecule has 49 heavy (non-hydrogen) atoms. The Kier molecular flexibility index (Phi) is 16.1. The molecule has 11 nitrogen and oxygen atoms in total. The fraction of sp³-hybridized carbons (Fsp3) is 0.579. The highest BCUT2D eigenvalue weighted by molar-refractivity contribution is 6.01. The molecule has 2 amide bonds. The first-order valence-electron chi connectivity index (χ1n) is 17.0. The van der Waals surface area contributed by atoms with Gasteiger partial charge >= 0.3 is 18.2 Å². The first-order valence-corrected chi connectivity index (χ1v) is 17.0. The molecule has 0 aliphatic heterocycles. The lowest BCUT2D eigenvalue weighted by Crippen LogP contribution is -2.47. The van der Waals surface area contributed by atoms with E-state index in [1.54, 1.807) is 41.5 Å². The van der Waals surface area contributed by atoms with Crippen LogP contribution in [0.15, 0.2) is 59.6 Å². The first-order chi connectivity index (χ1) is 22.8. The molecule has 2 aromatic rings. The number of guanidine groups is 1. The van der Waals surface area contributed by atoms with Gasteiger partial charge in [0.2, 0.25) is 5.96 Å². The summed E-state index contributed by atoms with van der Waals surface area (Å²) >= 11 is 0. The van der Waals surface area contributed by atoms with Crippen molar-refractivity contribution in [3.8, 4) is 5.75 Å². The number of ether oxygens (including phenoxy) is 4. The molecule has 0 saturated carbocycles. The molecule has 2 N–H and O–H groups in total. The number of alkyl carbamates (subject to hydrolysis) is 2. The summed E-state index contributed by atoms with van der Waals surface area (Å²) in [4.78, 5) is 44.5. The highest BCUT2D eigenvalue weighted by Crippen LogP contribution is 2.20. The van der Waals surface area contributed by atoms with Crippen molar-refractivity contribution in [2.45, 2.75) is 124 Å². The van der Waals surface area contributed by atoms with Gasteiger partial charge in [-0.2, -0.15) is 0 Å². The van der Waals surface area contributed by atoms with Gasteiger partial charge in [0.15, 0.2) is 0 Å². The van der Waals surface area contributed by atoms with Gasteiger partial charge in [-0.25, -0.2) is 9.59 Å². The molecule has 1 atom stereocenters. The Balaban J connectivity index is 1.96. The lowest BCUT2D eigenvalue weighted by atomic mass is 10.0. The van der Waals surface area contributed by atoms with Crippen molar-refractivity contribution in [1.82, 2.24) is 15.5 Å². The third-order valence-electron chi connectivity index (χ3n) is 6.73. The molecule has 0 unspecified atom stereocenters. The number of hydrogen-bond acceptors (Lipinski definition) is 9. The first kappa shape index (κ1) is 41.1. The second-order valence-corrected chi connectivity index (χ2v) is 15.1. The van der Waals surface area contributed by atoms with Gasteiger partial charge in [-0.05, 0) is 118 Å². The largest absolute Gasteiger partial charge is 0.488 e. The van der Waals surface area contributed by atoms with E-state index in [1.165, 1.54) is 0 Å². The highest BCUT2D eigenvalue weighted by Gasteiger charge is 2.26. The SMILES string of the molecule is CN(CCCCCCN=C(NC(=O)OC(C)(C)C)NC(=O)OC(C)(C)C)[C@@H](Cc1ccc(OC(C)(C)C)cc1)C(=O)OCc1ccccc1.